The van der Waals surface area contributed by atoms with E-state index in [2.05, 4.69) is 5.32 Å². The molecule has 1 unspecified atom stereocenters. The van der Waals surface area contributed by atoms with Crippen molar-refractivity contribution in [2.24, 2.45) is 5.73 Å². The summed E-state index contributed by atoms with van der Waals surface area (Å²) in [5, 5.41) is 14.0. The number of halogens is 1. The quantitative estimate of drug-likeness (QED) is 0.673. The molecule has 0 aliphatic carbocycles. The second-order valence-electron chi connectivity index (χ2n) is 5.21. The minimum absolute atomic E-state index is 0. The number of aliphatic hydroxyl groups excluding tert-OH is 1. The van der Waals surface area contributed by atoms with Gasteiger partial charge in [0.25, 0.3) is 0 Å². The lowest BCUT2D eigenvalue weighted by Gasteiger charge is -2.14. The molecule has 1 heterocycles. The molecule has 4 nitrogen and oxygen atoms in total. The molecular formula is C18H20ClN3O. The summed E-state index contributed by atoms with van der Waals surface area (Å²) >= 11 is 0. The fourth-order valence-electron chi connectivity index (χ4n) is 2.39. The summed E-state index contributed by atoms with van der Waals surface area (Å²) in [4.78, 5) is 4.73. The Bertz CT molecular complexity index is 765. The van der Waals surface area contributed by atoms with Crippen molar-refractivity contribution in [2.75, 3.05) is 18.4 Å². The summed E-state index contributed by atoms with van der Waals surface area (Å²) in [5.41, 5.74) is 9.32. The Labute approximate surface area is 141 Å². The second kappa shape index (κ2) is 7.92. The van der Waals surface area contributed by atoms with Crippen molar-refractivity contribution < 1.29 is 5.11 Å². The van der Waals surface area contributed by atoms with Gasteiger partial charge in [0.05, 0.1) is 17.3 Å². The maximum absolute atomic E-state index is 9.67. The number of nitrogens with zero attached hydrogens (tertiary/aromatic N) is 1. The zero-order chi connectivity index (χ0) is 15.4. The van der Waals surface area contributed by atoms with Crippen LogP contribution in [-0.4, -0.2) is 29.3 Å². The SMILES string of the molecule is Cl.NCC(O)CNc1cc(-c2ccccc2)nc2ccccc12. The molecule has 0 spiro atoms. The van der Waals surface area contributed by atoms with Crippen LogP contribution in [0.15, 0.2) is 60.7 Å². The Morgan fingerprint density at radius 1 is 1.04 bits per heavy atom. The van der Waals surface area contributed by atoms with Crippen LogP contribution < -0.4 is 11.1 Å². The Morgan fingerprint density at radius 2 is 1.74 bits per heavy atom. The molecule has 0 bridgehead atoms. The lowest BCUT2D eigenvalue weighted by molar-refractivity contribution is 0.196. The number of benzene rings is 2. The normalized spacial score (nSPS) is 11.7. The summed E-state index contributed by atoms with van der Waals surface area (Å²) in [6, 6.07) is 20.0. The van der Waals surface area contributed by atoms with E-state index in [0.717, 1.165) is 27.8 Å². The number of pyridine rings is 1. The van der Waals surface area contributed by atoms with Gasteiger partial charge in [-0.1, -0.05) is 48.5 Å². The molecule has 0 aliphatic rings. The van der Waals surface area contributed by atoms with Crippen molar-refractivity contribution in [2.45, 2.75) is 6.10 Å². The van der Waals surface area contributed by atoms with Crippen molar-refractivity contribution in [1.29, 1.82) is 0 Å². The zero-order valence-electron chi connectivity index (χ0n) is 12.6. The van der Waals surface area contributed by atoms with Gasteiger partial charge in [-0.2, -0.15) is 0 Å². The van der Waals surface area contributed by atoms with E-state index in [-0.39, 0.29) is 19.0 Å². The van der Waals surface area contributed by atoms with Crippen LogP contribution in [0.1, 0.15) is 0 Å². The van der Waals surface area contributed by atoms with Gasteiger partial charge in [0.2, 0.25) is 0 Å². The minimum atomic E-state index is -0.563. The number of hydrogen-bond donors (Lipinski definition) is 3. The Balaban J connectivity index is 0.00000192. The first-order valence-corrected chi connectivity index (χ1v) is 7.35. The van der Waals surface area contributed by atoms with E-state index in [1.807, 2.05) is 60.7 Å². The molecule has 0 radical (unpaired) electrons. The highest BCUT2D eigenvalue weighted by Gasteiger charge is 2.08. The van der Waals surface area contributed by atoms with Crippen molar-refractivity contribution in [3.63, 3.8) is 0 Å². The van der Waals surface area contributed by atoms with Crippen LogP contribution in [0, 0.1) is 0 Å². The smallest absolute Gasteiger partial charge is 0.0834 e. The molecule has 0 saturated carbocycles. The molecule has 1 aromatic heterocycles. The molecule has 3 aromatic rings. The van der Waals surface area contributed by atoms with E-state index in [4.69, 9.17) is 10.7 Å². The fourth-order valence-corrected chi connectivity index (χ4v) is 2.39. The maximum Gasteiger partial charge on any atom is 0.0834 e. The molecular weight excluding hydrogens is 310 g/mol. The summed E-state index contributed by atoms with van der Waals surface area (Å²) in [7, 11) is 0. The summed E-state index contributed by atoms with van der Waals surface area (Å²) in [6.45, 7) is 0.653. The van der Waals surface area contributed by atoms with Gasteiger partial charge >= 0.3 is 0 Å². The van der Waals surface area contributed by atoms with E-state index in [9.17, 15) is 5.11 Å². The van der Waals surface area contributed by atoms with Crippen LogP contribution in [0.4, 0.5) is 5.69 Å². The summed E-state index contributed by atoms with van der Waals surface area (Å²) in [5.74, 6) is 0. The monoisotopic (exact) mass is 329 g/mol. The second-order valence-corrected chi connectivity index (χ2v) is 5.21. The average molecular weight is 330 g/mol. The Kier molecular flexibility index (Phi) is 5.93. The predicted molar refractivity (Wildman–Crippen MR) is 98.0 cm³/mol. The highest BCUT2D eigenvalue weighted by molar-refractivity contribution is 5.93. The van der Waals surface area contributed by atoms with Gasteiger partial charge in [-0.25, -0.2) is 4.98 Å². The molecule has 0 aliphatic heterocycles. The summed E-state index contributed by atoms with van der Waals surface area (Å²) in [6.07, 6.45) is -0.563. The zero-order valence-corrected chi connectivity index (χ0v) is 13.5. The largest absolute Gasteiger partial charge is 0.390 e. The molecule has 5 heteroatoms. The highest BCUT2D eigenvalue weighted by Crippen LogP contribution is 2.28. The number of aliphatic hydroxyl groups is 1. The van der Waals surface area contributed by atoms with Crippen LogP contribution in [0.5, 0.6) is 0 Å². The number of aromatic nitrogens is 1. The van der Waals surface area contributed by atoms with E-state index >= 15 is 0 Å². The van der Waals surface area contributed by atoms with E-state index in [1.54, 1.807) is 0 Å². The molecule has 4 N–H and O–H groups in total. The van der Waals surface area contributed by atoms with Crippen molar-refractivity contribution in [3.05, 3.63) is 60.7 Å². The van der Waals surface area contributed by atoms with Gasteiger partial charge in [-0.15, -0.1) is 12.4 Å². The van der Waals surface area contributed by atoms with Gasteiger partial charge in [0, 0.05) is 29.7 Å². The fraction of sp³-hybridized carbons (Fsp3) is 0.167. The third kappa shape index (κ3) is 3.99. The molecule has 0 saturated heterocycles. The molecule has 3 rings (SSSR count). The Hall–Kier alpha value is -2.14. The average Bonchev–Trinajstić information content (AvgIpc) is 2.59. The number of rotatable bonds is 5. The van der Waals surface area contributed by atoms with Crippen LogP contribution in [0.25, 0.3) is 22.2 Å². The van der Waals surface area contributed by atoms with Crippen LogP contribution in [0.3, 0.4) is 0 Å². The van der Waals surface area contributed by atoms with Crippen molar-refractivity contribution in [1.82, 2.24) is 4.98 Å². The first-order chi connectivity index (χ1) is 10.8. The van der Waals surface area contributed by atoms with Gasteiger partial charge in [0.1, 0.15) is 0 Å². The number of hydrogen-bond acceptors (Lipinski definition) is 4. The molecule has 1 atom stereocenters. The first kappa shape index (κ1) is 17.2. The number of nitrogens with two attached hydrogens (primary N) is 1. The molecule has 120 valence electrons. The van der Waals surface area contributed by atoms with E-state index < -0.39 is 6.10 Å². The standard InChI is InChI=1S/C18H19N3O.ClH/c19-11-14(22)12-20-18-10-17(13-6-2-1-3-7-13)21-16-9-5-4-8-15(16)18;/h1-10,14,22H,11-12,19H2,(H,20,21);1H. The number of fused-ring (bicyclic) bond motifs is 1. The molecule has 2 aromatic carbocycles. The maximum atomic E-state index is 9.67. The molecule has 0 fully saturated rings. The summed E-state index contributed by atoms with van der Waals surface area (Å²) < 4.78 is 0. The topological polar surface area (TPSA) is 71.2 Å². The minimum Gasteiger partial charge on any atom is -0.390 e. The van der Waals surface area contributed by atoms with Gasteiger partial charge < -0.3 is 16.2 Å². The van der Waals surface area contributed by atoms with Gasteiger partial charge in [-0.05, 0) is 12.1 Å². The van der Waals surface area contributed by atoms with Crippen molar-refractivity contribution >= 4 is 29.0 Å². The highest BCUT2D eigenvalue weighted by atomic mass is 35.5. The Morgan fingerprint density at radius 3 is 2.48 bits per heavy atom. The lowest BCUT2D eigenvalue weighted by Crippen LogP contribution is -2.27. The van der Waals surface area contributed by atoms with E-state index in [0.29, 0.717) is 6.54 Å². The number of para-hydroxylation sites is 1. The lowest BCUT2D eigenvalue weighted by atomic mass is 10.1. The third-order valence-corrected chi connectivity index (χ3v) is 3.59. The van der Waals surface area contributed by atoms with Crippen molar-refractivity contribution in [3.8, 4) is 11.3 Å². The van der Waals surface area contributed by atoms with Crippen LogP contribution in [0.2, 0.25) is 0 Å². The van der Waals surface area contributed by atoms with Gasteiger partial charge in [0.15, 0.2) is 0 Å². The third-order valence-electron chi connectivity index (χ3n) is 3.59. The first-order valence-electron chi connectivity index (χ1n) is 7.35. The van der Waals surface area contributed by atoms with Crippen LogP contribution in [-0.2, 0) is 0 Å². The van der Waals surface area contributed by atoms with Crippen LogP contribution >= 0.6 is 12.4 Å². The molecule has 0 amide bonds. The van der Waals surface area contributed by atoms with E-state index in [1.165, 1.54) is 0 Å². The number of anilines is 1. The predicted octanol–water partition coefficient (Wildman–Crippen LogP) is 3.06. The number of nitrogens with one attached hydrogen (secondary N) is 1. The molecule has 23 heavy (non-hydrogen) atoms. The van der Waals surface area contributed by atoms with Gasteiger partial charge in [-0.3, -0.25) is 0 Å².